The van der Waals surface area contributed by atoms with Crippen molar-refractivity contribution in [3.05, 3.63) is 0 Å². The third kappa shape index (κ3) is 14.1. The second-order valence-electron chi connectivity index (χ2n) is 4.76. The Labute approximate surface area is 116 Å². The molecule has 0 rings (SSSR count). The number of halogens is 6. The highest BCUT2D eigenvalue weighted by Crippen LogP contribution is 2.36. The van der Waals surface area contributed by atoms with Gasteiger partial charge in [-0.05, 0) is 18.8 Å². The first-order valence-electron chi connectivity index (χ1n) is 5.88. The van der Waals surface area contributed by atoms with Crippen LogP contribution >= 0.6 is 7.60 Å². The number of alkyl halides is 6. The molecule has 0 bridgehead atoms. The maximum absolute atomic E-state index is 12.2. The number of ketones is 1. The summed E-state index contributed by atoms with van der Waals surface area (Å²) in [6.07, 6.45) is -15.0. The second kappa shape index (κ2) is 7.60. The molecule has 0 aromatic rings. The molecule has 0 unspecified atom stereocenters. The van der Waals surface area contributed by atoms with Gasteiger partial charge in [0.05, 0.1) is 0 Å². The minimum absolute atomic E-state index is 0.282. The summed E-state index contributed by atoms with van der Waals surface area (Å²) in [6.45, 7) is 0. The molecule has 0 radical (unpaired) electrons. The zero-order chi connectivity index (χ0) is 16.9. The van der Waals surface area contributed by atoms with Gasteiger partial charge in [-0.25, -0.2) is 0 Å². The second-order valence-corrected chi connectivity index (χ2v) is 6.40. The molecular formula is C10H15F6O4P. The van der Waals surface area contributed by atoms with E-state index in [4.69, 9.17) is 9.79 Å². The number of hydrogen-bond donors (Lipinski definition) is 2. The van der Waals surface area contributed by atoms with Crippen LogP contribution in [0.2, 0.25) is 0 Å². The molecular weight excluding hydrogens is 329 g/mol. The standard InChI is InChI=1S/C10H15F6O4P/c11-9(12,13)4-7(5-10(14,15)16)2-1-3-8(17)6-21(18,19)20/h7H,1-6H2,(H2,18,19,20). The van der Waals surface area contributed by atoms with Crippen LogP contribution in [0, 0.1) is 5.92 Å². The van der Waals surface area contributed by atoms with Gasteiger partial charge in [0.25, 0.3) is 0 Å². The summed E-state index contributed by atoms with van der Waals surface area (Å²) in [5.41, 5.74) is 0. The Hall–Kier alpha value is -0.600. The van der Waals surface area contributed by atoms with Crippen LogP contribution in [0.15, 0.2) is 0 Å². The highest BCUT2D eigenvalue weighted by Gasteiger charge is 2.38. The Kier molecular flexibility index (Phi) is 7.38. The highest BCUT2D eigenvalue weighted by atomic mass is 31.2. The van der Waals surface area contributed by atoms with Crippen molar-refractivity contribution in [1.82, 2.24) is 0 Å². The molecule has 0 fully saturated rings. The fraction of sp³-hybridized carbons (Fsp3) is 0.900. The average molecular weight is 344 g/mol. The lowest BCUT2D eigenvalue weighted by molar-refractivity contribution is -0.173. The lowest BCUT2D eigenvalue weighted by atomic mass is 9.94. The summed E-state index contributed by atoms with van der Waals surface area (Å²) in [5.74, 6) is -2.59. The van der Waals surface area contributed by atoms with Crippen molar-refractivity contribution in [3.8, 4) is 0 Å². The van der Waals surface area contributed by atoms with E-state index in [1.807, 2.05) is 0 Å². The number of carbonyl (C=O) groups excluding carboxylic acids is 1. The van der Waals surface area contributed by atoms with Crippen molar-refractivity contribution >= 4 is 13.4 Å². The van der Waals surface area contributed by atoms with Gasteiger partial charge in [-0.15, -0.1) is 0 Å². The van der Waals surface area contributed by atoms with Crippen LogP contribution in [0.5, 0.6) is 0 Å². The fourth-order valence-electron chi connectivity index (χ4n) is 1.83. The van der Waals surface area contributed by atoms with Crippen LogP contribution < -0.4 is 0 Å². The van der Waals surface area contributed by atoms with E-state index in [0.717, 1.165) is 0 Å². The Bertz CT molecular complexity index is 370. The predicted octanol–water partition coefficient (Wildman–Crippen LogP) is 3.42. The van der Waals surface area contributed by atoms with E-state index in [1.54, 1.807) is 0 Å². The van der Waals surface area contributed by atoms with Crippen LogP contribution in [0.25, 0.3) is 0 Å². The molecule has 0 aromatic heterocycles. The molecule has 0 saturated heterocycles. The number of carbonyl (C=O) groups is 1. The van der Waals surface area contributed by atoms with E-state index in [-0.39, 0.29) is 6.42 Å². The quantitative estimate of drug-likeness (QED) is 0.523. The first kappa shape index (κ1) is 20.4. The molecule has 0 saturated carbocycles. The number of rotatable bonds is 8. The topological polar surface area (TPSA) is 74.6 Å². The zero-order valence-corrected chi connectivity index (χ0v) is 11.6. The van der Waals surface area contributed by atoms with Gasteiger partial charge in [0.15, 0.2) is 0 Å². The first-order valence-corrected chi connectivity index (χ1v) is 7.67. The van der Waals surface area contributed by atoms with E-state index in [0.29, 0.717) is 0 Å². The molecule has 21 heavy (non-hydrogen) atoms. The summed E-state index contributed by atoms with van der Waals surface area (Å²) in [6, 6.07) is 0. The molecule has 0 aliphatic rings. The third-order valence-corrected chi connectivity index (χ3v) is 3.26. The van der Waals surface area contributed by atoms with Gasteiger partial charge in [-0.3, -0.25) is 9.36 Å². The van der Waals surface area contributed by atoms with Crippen molar-refractivity contribution in [2.75, 3.05) is 6.16 Å². The molecule has 2 N–H and O–H groups in total. The van der Waals surface area contributed by atoms with Crippen molar-refractivity contribution in [2.45, 2.75) is 44.5 Å². The van der Waals surface area contributed by atoms with E-state index in [1.165, 1.54) is 0 Å². The van der Waals surface area contributed by atoms with Crippen molar-refractivity contribution in [2.24, 2.45) is 5.92 Å². The monoisotopic (exact) mass is 344 g/mol. The van der Waals surface area contributed by atoms with Gasteiger partial charge in [0, 0.05) is 19.3 Å². The molecule has 4 nitrogen and oxygen atoms in total. The van der Waals surface area contributed by atoms with Crippen LogP contribution in [0.4, 0.5) is 26.3 Å². The van der Waals surface area contributed by atoms with Crippen LogP contribution in [0.1, 0.15) is 32.1 Å². The highest BCUT2D eigenvalue weighted by molar-refractivity contribution is 7.52. The summed E-state index contributed by atoms with van der Waals surface area (Å²) in [5, 5.41) is 0. The Balaban J connectivity index is 4.36. The van der Waals surface area contributed by atoms with Crippen LogP contribution in [-0.4, -0.2) is 34.1 Å². The average Bonchev–Trinajstić information content (AvgIpc) is 2.07. The van der Waals surface area contributed by atoms with Gasteiger partial charge in [0.2, 0.25) is 0 Å². The Morgan fingerprint density at radius 3 is 1.76 bits per heavy atom. The first-order chi connectivity index (χ1) is 9.18. The van der Waals surface area contributed by atoms with Crippen molar-refractivity contribution in [3.63, 3.8) is 0 Å². The maximum Gasteiger partial charge on any atom is 0.389 e. The Morgan fingerprint density at radius 1 is 1.00 bits per heavy atom. The van der Waals surface area contributed by atoms with E-state index in [2.05, 4.69) is 0 Å². The molecule has 0 aliphatic carbocycles. The summed E-state index contributed by atoms with van der Waals surface area (Å²) < 4.78 is 83.4. The summed E-state index contributed by atoms with van der Waals surface area (Å²) in [4.78, 5) is 28.1. The summed E-state index contributed by atoms with van der Waals surface area (Å²) in [7, 11) is -4.56. The lowest BCUT2D eigenvalue weighted by Gasteiger charge is -2.20. The number of Topliss-reactive ketones (excluding diaryl/α,β-unsaturated/α-hetero) is 1. The minimum atomic E-state index is -4.74. The molecule has 0 atom stereocenters. The van der Waals surface area contributed by atoms with Gasteiger partial charge >= 0.3 is 19.9 Å². The van der Waals surface area contributed by atoms with E-state index < -0.39 is 63.5 Å². The van der Waals surface area contributed by atoms with E-state index in [9.17, 15) is 35.7 Å². The predicted molar refractivity (Wildman–Crippen MR) is 60.6 cm³/mol. The fourth-order valence-corrected chi connectivity index (χ4v) is 2.45. The van der Waals surface area contributed by atoms with Gasteiger partial charge in [0.1, 0.15) is 11.9 Å². The van der Waals surface area contributed by atoms with Gasteiger partial charge in [-0.1, -0.05) is 0 Å². The van der Waals surface area contributed by atoms with Gasteiger partial charge < -0.3 is 9.79 Å². The van der Waals surface area contributed by atoms with Crippen molar-refractivity contribution < 1.29 is 45.5 Å². The van der Waals surface area contributed by atoms with Crippen LogP contribution in [-0.2, 0) is 9.36 Å². The zero-order valence-electron chi connectivity index (χ0n) is 10.7. The molecule has 0 aromatic carbocycles. The minimum Gasteiger partial charge on any atom is -0.324 e. The SMILES string of the molecule is O=C(CCCC(CC(F)(F)F)CC(F)(F)F)CP(=O)(O)O. The molecule has 0 amide bonds. The molecule has 126 valence electrons. The number of hydrogen-bond acceptors (Lipinski definition) is 2. The van der Waals surface area contributed by atoms with Crippen molar-refractivity contribution in [1.29, 1.82) is 0 Å². The molecule has 0 heterocycles. The Morgan fingerprint density at radius 2 is 1.43 bits per heavy atom. The molecule has 0 spiro atoms. The van der Waals surface area contributed by atoms with Crippen LogP contribution in [0.3, 0.4) is 0 Å². The van der Waals surface area contributed by atoms with E-state index >= 15 is 0 Å². The lowest BCUT2D eigenvalue weighted by Crippen LogP contribution is -2.21. The smallest absolute Gasteiger partial charge is 0.324 e. The largest absolute Gasteiger partial charge is 0.389 e. The third-order valence-electron chi connectivity index (χ3n) is 2.49. The normalized spacial score (nSPS) is 13.8. The summed E-state index contributed by atoms with van der Waals surface area (Å²) >= 11 is 0. The molecule has 0 aliphatic heterocycles. The van der Waals surface area contributed by atoms with Gasteiger partial charge in [-0.2, -0.15) is 26.3 Å². The maximum atomic E-state index is 12.2. The molecule has 11 heteroatoms.